The molecule has 0 saturated carbocycles. The molecule has 1 rings (SSSR count). The van der Waals surface area contributed by atoms with Gasteiger partial charge in [0.05, 0.1) is 0 Å². The molecule has 0 amide bonds. The van der Waals surface area contributed by atoms with Crippen LogP contribution in [0.4, 0.5) is 0 Å². The zero-order valence-electron chi connectivity index (χ0n) is 8.05. The summed E-state index contributed by atoms with van der Waals surface area (Å²) < 4.78 is 0. The summed E-state index contributed by atoms with van der Waals surface area (Å²) in [7, 11) is 2.05. The Morgan fingerprint density at radius 2 is 2.50 bits per heavy atom. The molecule has 0 radical (unpaired) electrons. The van der Waals surface area contributed by atoms with Gasteiger partial charge in [-0.3, -0.25) is 0 Å². The predicted octanol–water partition coefficient (Wildman–Crippen LogP) is 1.25. The van der Waals surface area contributed by atoms with Crippen molar-refractivity contribution >= 4 is 0 Å². The molecule has 1 unspecified atom stereocenters. The highest BCUT2D eigenvalue weighted by atomic mass is 15.2. The van der Waals surface area contributed by atoms with Crippen molar-refractivity contribution in [2.24, 2.45) is 0 Å². The second-order valence-electron chi connectivity index (χ2n) is 3.51. The number of likely N-dealkylation sites (N-methyl/N-ethyl adjacent to an activating group) is 1. The second kappa shape index (κ2) is 5.33. The Bertz CT molecular complexity index is 134. The van der Waals surface area contributed by atoms with E-state index < -0.39 is 0 Å². The molecular weight excluding hydrogens is 148 g/mol. The van der Waals surface area contributed by atoms with Crippen molar-refractivity contribution in [1.29, 1.82) is 0 Å². The Morgan fingerprint density at radius 3 is 3.08 bits per heavy atom. The molecule has 0 aromatic carbocycles. The largest absolute Gasteiger partial charge is 0.316 e. The van der Waals surface area contributed by atoms with Crippen LogP contribution in [0.25, 0.3) is 0 Å². The fraction of sp³-hybridized carbons (Fsp3) is 0.800. The van der Waals surface area contributed by atoms with Gasteiger partial charge in [0.25, 0.3) is 0 Å². The minimum Gasteiger partial charge on any atom is -0.316 e. The molecule has 1 fully saturated rings. The van der Waals surface area contributed by atoms with Gasteiger partial charge in [-0.2, -0.15) is 0 Å². The minimum atomic E-state index is 0.730. The van der Waals surface area contributed by atoms with Gasteiger partial charge in [0, 0.05) is 12.6 Å². The second-order valence-corrected chi connectivity index (χ2v) is 3.51. The monoisotopic (exact) mass is 168 g/mol. The van der Waals surface area contributed by atoms with E-state index in [4.69, 9.17) is 0 Å². The third-order valence-electron chi connectivity index (χ3n) is 2.56. The van der Waals surface area contributed by atoms with E-state index in [1.54, 1.807) is 0 Å². The summed E-state index contributed by atoms with van der Waals surface area (Å²) in [5, 5.41) is 3.32. The first-order valence-corrected chi connectivity index (χ1v) is 4.87. The molecule has 1 heterocycles. The number of hydrogen-bond donors (Lipinski definition) is 1. The highest BCUT2D eigenvalue weighted by Crippen LogP contribution is 2.09. The summed E-state index contributed by atoms with van der Waals surface area (Å²) in [6.07, 6.45) is 5.73. The number of allylic oxidation sites excluding steroid dienone is 1. The lowest BCUT2D eigenvalue weighted by Gasteiger charge is -2.14. The average Bonchev–Trinajstić information content (AvgIpc) is 2.53. The van der Waals surface area contributed by atoms with Crippen LogP contribution in [0.3, 0.4) is 0 Å². The summed E-state index contributed by atoms with van der Waals surface area (Å²) in [6.45, 7) is 7.46. The van der Waals surface area contributed by atoms with Crippen LogP contribution >= 0.6 is 0 Å². The summed E-state index contributed by atoms with van der Waals surface area (Å²) >= 11 is 0. The van der Waals surface area contributed by atoms with Crippen LogP contribution in [-0.4, -0.2) is 37.6 Å². The van der Waals surface area contributed by atoms with Gasteiger partial charge in [0.2, 0.25) is 0 Å². The van der Waals surface area contributed by atoms with E-state index in [0.29, 0.717) is 0 Å². The summed E-state index contributed by atoms with van der Waals surface area (Å²) in [5.74, 6) is 0. The SMILES string of the molecule is C=CCCCN1CCC(NC)C1. The van der Waals surface area contributed by atoms with Crippen molar-refractivity contribution in [1.82, 2.24) is 10.2 Å². The van der Waals surface area contributed by atoms with Gasteiger partial charge in [0.15, 0.2) is 0 Å². The predicted molar refractivity (Wildman–Crippen MR) is 53.3 cm³/mol. The van der Waals surface area contributed by atoms with Gasteiger partial charge >= 0.3 is 0 Å². The highest BCUT2D eigenvalue weighted by molar-refractivity contribution is 4.80. The topological polar surface area (TPSA) is 15.3 Å². The lowest BCUT2D eigenvalue weighted by Crippen LogP contribution is -2.30. The molecule has 1 atom stereocenters. The maximum Gasteiger partial charge on any atom is 0.0204 e. The van der Waals surface area contributed by atoms with Crippen molar-refractivity contribution in [3.05, 3.63) is 12.7 Å². The first kappa shape index (κ1) is 9.75. The smallest absolute Gasteiger partial charge is 0.0204 e. The highest BCUT2D eigenvalue weighted by Gasteiger charge is 2.19. The van der Waals surface area contributed by atoms with Crippen molar-refractivity contribution in [3.8, 4) is 0 Å². The fourth-order valence-corrected chi connectivity index (χ4v) is 1.73. The van der Waals surface area contributed by atoms with Gasteiger partial charge in [-0.25, -0.2) is 0 Å². The first-order valence-electron chi connectivity index (χ1n) is 4.87. The average molecular weight is 168 g/mol. The van der Waals surface area contributed by atoms with Gasteiger partial charge in [-0.15, -0.1) is 6.58 Å². The molecule has 1 aliphatic heterocycles. The Labute approximate surface area is 75.6 Å². The zero-order valence-corrected chi connectivity index (χ0v) is 8.05. The fourth-order valence-electron chi connectivity index (χ4n) is 1.73. The molecular formula is C10H20N2. The number of likely N-dealkylation sites (tertiary alicyclic amines) is 1. The van der Waals surface area contributed by atoms with Crippen LogP contribution in [0.1, 0.15) is 19.3 Å². The Morgan fingerprint density at radius 1 is 1.67 bits per heavy atom. The summed E-state index contributed by atoms with van der Waals surface area (Å²) in [4.78, 5) is 2.53. The van der Waals surface area contributed by atoms with E-state index in [2.05, 4.69) is 23.8 Å². The Kier molecular flexibility index (Phi) is 4.33. The number of unbranched alkanes of at least 4 members (excludes halogenated alkanes) is 1. The lowest BCUT2D eigenvalue weighted by atomic mass is 10.3. The molecule has 0 bridgehead atoms. The standard InChI is InChI=1S/C10H20N2/c1-3-4-5-7-12-8-6-10(9-12)11-2/h3,10-11H,1,4-9H2,2H3. The number of hydrogen-bond acceptors (Lipinski definition) is 2. The van der Waals surface area contributed by atoms with E-state index in [9.17, 15) is 0 Å². The van der Waals surface area contributed by atoms with Gasteiger partial charge in [0.1, 0.15) is 0 Å². The van der Waals surface area contributed by atoms with Crippen LogP contribution in [0.15, 0.2) is 12.7 Å². The molecule has 0 spiro atoms. The van der Waals surface area contributed by atoms with Crippen LogP contribution < -0.4 is 5.32 Å². The zero-order chi connectivity index (χ0) is 8.81. The van der Waals surface area contributed by atoms with E-state index in [1.807, 2.05) is 6.08 Å². The Hall–Kier alpha value is -0.340. The maximum absolute atomic E-state index is 3.73. The van der Waals surface area contributed by atoms with Gasteiger partial charge in [-0.05, 0) is 39.4 Å². The van der Waals surface area contributed by atoms with E-state index >= 15 is 0 Å². The molecule has 0 aromatic heterocycles. The lowest BCUT2D eigenvalue weighted by molar-refractivity contribution is 0.326. The number of nitrogens with zero attached hydrogens (tertiary/aromatic N) is 1. The molecule has 2 nitrogen and oxygen atoms in total. The van der Waals surface area contributed by atoms with Crippen LogP contribution in [0.5, 0.6) is 0 Å². The summed E-state index contributed by atoms with van der Waals surface area (Å²) in [5.41, 5.74) is 0. The first-order chi connectivity index (χ1) is 5.86. The molecule has 0 aliphatic carbocycles. The van der Waals surface area contributed by atoms with E-state index in [0.717, 1.165) is 12.5 Å². The molecule has 70 valence electrons. The molecule has 0 aromatic rings. The number of rotatable bonds is 5. The van der Waals surface area contributed by atoms with Gasteiger partial charge < -0.3 is 10.2 Å². The van der Waals surface area contributed by atoms with Crippen LogP contribution in [-0.2, 0) is 0 Å². The number of nitrogens with one attached hydrogen (secondary N) is 1. The van der Waals surface area contributed by atoms with Crippen LogP contribution in [0.2, 0.25) is 0 Å². The Balaban J connectivity index is 2.06. The molecule has 12 heavy (non-hydrogen) atoms. The third-order valence-corrected chi connectivity index (χ3v) is 2.56. The normalized spacial score (nSPS) is 24.6. The van der Waals surface area contributed by atoms with Crippen molar-refractivity contribution in [2.75, 3.05) is 26.7 Å². The van der Waals surface area contributed by atoms with E-state index in [1.165, 1.54) is 32.5 Å². The van der Waals surface area contributed by atoms with Crippen molar-refractivity contribution in [3.63, 3.8) is 0 Å². The maximum atomic E-state index is 3.73. The molecule has 1 N–H and O–H groups in total. The quantitative estimate of drug-likeness (QED) is 0.491. The molecule has 1 saturated heterocycles. The van der Waals surface area contributed by atoms with Gasteiger partial charge in [-0.1, -0.05) is 6.08 Å². The molecule has 1 aliphatic rings. The van der Waals surface area contributed by atoms with Crippen molar-refractivity contribution < 1.29 is 0 Å². The van der Waals surface area contributed by atoms with E-state index in [-0.39, 0.29) is 0 Å². The third kappa shape index (κ3) is 2.95. The minimum absolute atomic E-state index is 0.730. The summed E-state index contributed by atoms with van der Waals surface area (Å²) in [6, 6.07) is 0.730. The molecule has 2 heteroatoms. The van der Waals surface area contributed by atoms with Crippen molar-refractivity contribution in [2.45, 2.75) is 25.3 Å². The van der Waals surface area contributed by atoms with Crippen LogP contribution in [0, 0.1) is 0 Å².